The molecule has 0 bridgehead atoms. The van der Waals surface area contributed by atoms with Gasteiger partial charge in [-0.15, -0.1) is 11.8 Å². The van der Waals surface area contributed by atoms with E-state index < -0.39 is 0 Å². The van der Waals surface area contributed by atoms with Crippen LogP contribution >= 0.6 is 27.7 Å². The van der Waals surface area contributed by atoms with Gasteiger partial charge in [-0.25, -0.2) is 0 Å². The maximum atomic E-state index is 3.52. The minimum absolute atomic E-state index is 0.657. The van der Waals surface area contributed by atoms with E-state index in [0.717, 1.165) is 5.92 Å². The van der Waals surface area contributed by atoms with Crippen LogP contribution in [0.15, 0.2) is 33.6 Å². The molecule has 0 saturated heterocycles. The molecular weight excluding hydrogens is 294 g/mol. The van der Waals surface area contributed by atoms with Gasteiger partial charge in [0.1, 0.15) is 0 Å². The average Bonchev–Trinajstić information content (AvgIpc) is 2.27. The van der Waals surface area contributed by atoms with Crippen LogP contribution < -0.4 is 5.32 Å². The molecule has 0 aromatic heterocycles. The van der Waals surface area contributed by atoms with Gasteiger partial charge in [0.15, 0.2) is 0 Å². The van der Waals surface area contributed by atoms with Crippen LogP contribution in [0.1, 0.15) is 25.7 Å². The van der Waals surface area contributed by atoms with Crippen molar-refractivity contribution in [3.63, 3.8) is 0 Å². The lowest BCUT2D eigenvalue weighted by Crippen LogP contribution is -2.32. The molecule has 1 nitrogen and oxygen atoms in total. The van der Waals surface area contributed by atoms with Gasteiger partial charge in [0.2, 0.25) is 0 Å². The Morgan fingerprint density at radius 1 is 1.47 bits per heavy atom. The number of nitrogens with one attached hydrogen (secondary N) is 1. The summed E-state index contributed by atoms with van der Waals surface area (Å²) in [5.41, 5.74) is 0. The molecule has 17 heavy (non-hydrogen) atoms. The van der Waals surface area contributed by atoms with Gasteiger partial charge in [-0.1, -0.05) is 41.3 Å². The first-order valence-electron chi connectivity index (χ1n) is 6.33. The highest BCUT2D eigenvalue weighted by Crippen LogP contribution is 2.32. The first-order chi connectivity index (χ1) is 8.28. The van der Waals surface area contributed by atoms with E-state index >= 15 is 0 Å². The molecule has 2 rings (SSSR count). The molecule has 0 radical (unpaired) electrons. The van der Waals surface area contributed by atoms with Gasteiger partial charge in [0.25, 0.3) is 0 Å². The van der Waals surface area contributed by atoms with Crippen LogP contribution in [0, 0.1) is 5.92 Å². The van der Waals surface area contributed by atoms with E-state index in [9.17, 15) is 0 Å². The van der Waals surface area contributed by atoms with Gasteiger partial charge in [-0.2, -0.15) is 0 Å². The molecule has 0 amide bonds. The number of hydrogen-bond donors (Lipinski definition) is 1. The summed E-state index contributed by atoms with van der Waals surface area (Å²) >= 11 is 5.47. The smallest absolute Gasteiger partial charge is 0.0186 e. The largest absolute Gasteiger partial charge is 0.316 e. The van der Waals surface area contributed by atoms with Gasteiger partial charge >= 0.3 is 0 Å². The van der Waals surface area contributed by atoms with Crippen molar-refractivity contribution >= 4 is 27.7 Å². The lowest BCUT2D eigenvalue weighted by atomic mass is 9.81. The molecule has 94 valence electrons. The zero-order valence-electron chi connectivity index (χ0n) is 10.3. The highest BCUT2D eigenvalue weighted by Gasteiger charge is 2.21. The Morgan fingerprint density at radius 2 is 2.29 bits per heavy atom. The Labute approximate surface area is 117 Å². The molecule has 1 N–H and O–H groups in total. The number of halogens is 1. The van der Waals surface area contributed by atoms with E-state index in [-0.39, 0.29) is 0 Å². The average molecular weight is 314 g/mol. The molecule has 1 fully saturated rings. The summed E-state index contributed by atoms with van der Waals surface area (Å²) < 4.78 is 1.17. The van der Waals surface area contributed by atoms with Crippen molar-refractivity contribution < 1.29 is 0 Å². The fourth-order valence-electron chi connectivity index (χ4n) is 2.15. The molecule has 1 aliphatic rings. The fraction of sp³-hybridized carbons (Fsp3) is 0.571. The molecule has 0 aliphatic heterocycles. The summed E-state index contributed by atoms with van der Waals surface area (Å²) in [7, 11) is 2.09. The SMILES string of the molecule is CNC(CSc1cccc(Br)c1)CC1CCC1. The highest BCUT2D eigenvalue weighted by molar-refractivity contribution is 9.10. The normalized spacial score (nSPS) is 17.8. The summed E-state index contributed by atoms with van der Waals surface area (Å²) in [6.45, 7) is 0. The second-order valence-corrected chi connectivity index (χ2v) is 6.80. The summed E-state index contributed by atoms with van der Waals surface area (Å²) in [6.07, 6.45) is 5.68. The Bertz CT molecular complexity index is 352. The summed E-state index contributed by atoms with van der Waals surface area (Å²) in [4.78, 5) is 1.35. The summed E-state index contributed by atoms with van der Waals surface area (Å²) in [5, 5.41) is 3.45. The number of hydrogen-bond acceptors (Lipinski definition) is 2. The van der Waals surface area contributed by atoms with Crippen LogP contribution in [0.3, 0.4) is 0 Å². The minimum atomic E-state index is 0.657. The Hall–Kier alpha value is 0.01000. The van der Waals surface area contributed by atoms with Crippen molar-refractivity contribution in [2.45, 2.75) is 36.6 Å². The summed E-state index contributed by atoms with van der Waals surface area (Å²) in [5.74, 6) is 2.15. The highest BCUT2D eigenvalue weighted by atomic mass is 79.9. The molecular formula is C14H20BrNS. The Balaban J connectivity index is 1.78. The van der Waals surface area contributed by atoms with E-state index in [1.165, 1.54) is 40.8 Å². The molecule has 1 unspecified atom stereocenters. The van der Waals surface area contributed by atoms with Crippen LogP contribution in [-0.4, -0.2) is 18.8 Å². The molecule has 1 atom stereocenters. The quantitative estimate of drug-likeness (QED) is 0.785. The lowest BCUT2D eigenvalue weighted by molar-refractivity contribution is 0.272. The van der Waals surface area contributed by atoms with Crippen molar-refractivity contribution in [3.05, 3.63) is 28.7 Å². The van der Waals surface area contributed by atoms with E-state index in [1.54, 1.807) is 0 Å². The van der Waals surface area contributed by atoms with Crippen molar-refractivity contribution in [1.82, 2.24) is 5.32 Å². The molecule has 1 aromatic rings. The van der Waals surface area contributed by atoms with Crippen LogP contribution in [0.4, 0.5) is 0 Å². The van der Waals surface area contributed by atoms with Gasteiger partial charge in [-0.05, 0) is 37.6 Å². The maximum absolute atomic E-state index is 3.52. The topological polar surface area (TPSA) is 12.0 Å². The predicted molar refractivity (Wildman–Crippen MR) is 79.7 cm³/mol. The molecule has 1 saturated carbocycles. The molecule has 1 aromatic carbocycles. The third-order valence-corrected chi connectivity index (χ3v) is 5.15. The molecule has 3 heteroatoms. The third kappa shape index (κ3) is 4.31. The summed E-state index contributed by atoms with van der Waals surface area (Å²) in [6, 6.07) is 9.22. The fourth-order valence-corrected chi connectivity index (χ4v) is 3.79. The van der Waals surface area contributed by atoms with Gasteiger partial charge in [-0.3, -0.25) is 0 Å². The van der Waals surface area contributed by atoms with Gasteiger partial charge in [0.05, 0.1) is 0 Å². The predicted octanol–water partition coefficient (Wildman–Crippen LogP) is 4.32. The van der Waals surface area contributed by atoms with Crippen LogP contribution in [0.25, 0.3) is 0 Å². The Kier molecular flexibility index (Phi) is 5.39. The van der Waals surface area contributed by atoms with Crippen molar-refractivity contribution in [1.29, 1.82) is 0 Å². The molecule has 0 heterocycles. The van der Waals surface area contributed by atoms with Crippen molar-refractivity contribution in [2.75, 3.05) is 12.8 Å². The third-order valence-electron chi connectivity index (χ3n) is 3.50. The van der Waals surface area contributed by atoms with Crippen LogP contribution in [-0.2, 0) is 0 Å². The maximum Gasteiger partial charge on any atom is 0.0186 e. The van der Waals surface area contributed by atoms with Crippen LogP contribution in [0.5, 0.6) is 0 Å². The van der Waals surface area contributed by atoms with E-state index in [1.807, 2.05) is 11.8 Å². The zero-order valence-corrected chi connectivity index (χ0v) is 12.7. The first-order valence-corrected chi connectivity index (χ1v) is 8.11. The first kappa shape index (κ1) is 13.4. The number of rotatable bonds is 6. The lowest BCUT2D eigenvalue weighted by Gasteiger charge is -2.29. The second-order valence-electron chi connectivity index (χ2n) is 4.79. The van der Waals surface area contributed by atoms with Gasteiger partial charge < -0.3 is 5.32 Å². The van der Waals surface area contributed by atoms with Crippen molar-refractivity contribution in [3.8, 4) is 0 Å². The standard InChI is InChI=1S/C14H20BrNS/c1-16-13(8-11-4-2-5-11)10-17-14-7-3-6-12(15)9-14/h3,6-7,9,11,13,16H,2,4-5,8,10H2,1H3. The zero-order chi connectivity index (χ0) is 12.1. The molecule has 0 spiro atoms. The monoisotopic (exact) mass is 313 g/mol. The minimum Gasteiger partial charge on any atom is -0.316 e. The van der Waals surface area contributed by atoms with E-state index in [4.69, 9.17) is 0 Å². The van der Waals surface area contributed by atoms with Crippen molar-refractivity contribution in [2.24, 2.45) is 5.92 Å². The van der Waals surface area contributed by atoms with Crippen LogP contribution in [0.2, 0.25) is 0 Å². The van der Waals surface area contributed by atoms with E-state index in [2.05, 4.69) is 52.6 Å². The van der Waals surface area contributed by atoms with E-state index in [0.29, 0.717) is 6.04 Å². The molecule has 1 aliphatic carbocycles. The number of benzene rings is 1. The van der Waals surface area contributed by atoms with Gasteiger partial charge in [0, 0.05) is 21.2 Å². The second kappa shape index (κ2) is 6.81. The Morgan fingerprint density at radius 3 is 2.88 bits per heavy atom. The number of thioether (sulfide) groups is 1.